The molecule has 1 aromatic heterocycles. The smallest absolute Gasteiger partial charge is 0.141 e. The standard InChI is InChI=1S/C14H27N5.ClH/c1-11(2)8-19-14(16-10-17-19)9-18-6-4-5-12(3)13(18)7-15;/h10-13H,4-9,15H2,1-3H3;1H. The zero-order valence-corrected chi connectivity index (χ0v) is 13.6. The number of hydrogen-bond donors (Lipinski definition) is 1. The highest BCUT2D eigenvalue weighted by Crippen LogP contribution is 2.23. The molecular formula is C14H28ClN5. The number of nitrogens with zero attached hydrogens (tertiary/aromatic N) is 4. The molecule has 2 rings (SSSR count). The summed E-state index contributed by atoms with van der Waals surface area (Å²) in [6, 6.07) is 0.484. The van der Waals surface area contributed by atoms with Gasteiger partial charge in [-0.15, -0.1) is 12.4 Å². The normalized spacial score (nSPS) is 23.9. The molecule has 1 aliphatic rings. The van der Waals surface area contributed by atoms with Crippen LogP contribution < -0.4 is 5.73 Å². The minimum Gasteiger partial charge on any atom is -0.329 e. The maximum atomic E-state index is 5.95. The molecule has 2 N–H and O–H groups in total. The first-order chi connectivity index (χ1) is 9.11. The van der Waals surface area contributed by atoms with Crippen molar-refractivity contribution in [3.63, 3.8) is 0 Å². The Hall–Kier alpha value is -0.650. The van der Waals surface area contributed by atoms with Gasteiger partial charge in [0.15, 0.2) is 0 Å². The highest BCUT2D eigenvalue weighted by molar-refractivity contribution is 5.85. The van der Waals surface area contributed by atoms with Crippen LogP contribution in [0.1, 0.15) is 39.4 Å². The summed E-state index contributed by atoms with van der Waals surface area (Å²) in [5, 5.41) is 4.34. The lowest BCUT2D eigenvalue weighted by molar-refractivity contribution is 0.0944. The van der Waals surface area contributed by atoms with E-state index in [1.807, 2.05) is 4.68 Å². The maximum Gasteiger partial charge on any atom is 0.141 e. The van der Waals surface area contributed by atoms with Crippen LogP contribution in [0.5, 0.6) is 0 Å². The van der Waals surface area contributed by atoms with Crippen molar-refractivity contribution in [1.82, 2.24) is 19.7 Å². The predicted octanol–water partition coefficient (Wildman–Crippen LogP) is 1.92. The fourth-order valence-corrected chi connectivity index (χ4v) is 3.00. The van der Waals surface area contributed by atoms with Crippen molar-refractivity contribution < 1.29 is 0 Å². The molecule has 0 amide bonds. The second-order valence-corrected chi connectivity index (χ2v) is 6.15. The first kappa shape index (κ1) is 17.4. The molecule has 0 saturated carbocycles. The molecule has 0 aromatic carbocycles. The number of piperidine rings is 1. The summed E-state index contributed by atoms with van der Waals surface area (Å²) in [6.45, 7) is 10.4. The van der Waals surface area contributed by atoms with Crippen molar-refractivity contribution in [2.75, 3.05) is 13.1 Å². The van der Waals surface area contributed by atoms with Crippen LogP contribution >= 0.6 is 12.4 Å². The molecule has 1 aromatic rings. The van der Waals surface area contributed by atoms with E-state index in [0.717, 1.165) is 32.0 Å². The summed E-state index contributed by atoms with van der Waals surface area (Å²) in [5.41, 5.74) is 5.95. The van der Waals surface area contributed by atoms with Crippen molar-refractivity contribution in [2.24, 2.45) is 17.6 Å². The average molecular weight is 302 g/mol. The molecule has 2 heterocycles. The van der Waals surface area contributed by atoms with Crippen LogP contribution in [-0.2, 0) is 13.1 Å². The van der Waals surface area contributed by atoms with Gasteiger partial charge in [-0.1, -0.05) is 20.8 Å². The van der Waals surface area contributed by atoms with Crippen molar-refractivity contribution in [3.05, 3.63) is 12.2 Å². The van der Waals surface area contributed by atoms with E-state index in [2.05, 4.69) is 35.8 Å². The lowest BCUT2D eigenvalue weighted by atomic mass is 9.91. The van der Waals surface area contributed by atoms with Crippen LogP contribution in [0.25, 0.3) is 0 Å². The van der Waals surface area contributed by atoms with Gasteiger partial charge in [0.25, 0.3) is 0 Å². The number of aromatic nitrogens is 3. The van der Waals surface area contributed by atoms with Gasteiger partial charge < -0.3 is 5.73 Å². The van der Waals surface area contributed by atoms with Crippen LogP contribution in [0.15, 0.2) is 6.33 Å². The van der Waals surface area contributed by atoms with Gasteiger partial charge in [-0.2, -0.15) is 5.10 Å². The lowest BCUT2D eigenvalue weighted by Crippen LogP contribution is -2.48. The third kappa shape index (κ3) is 4.17. The van der Waals surface area contributed by atoms with E-state index >= 15 is 0 Å². The third-order valence-electron chi connectivity index (χ3n) is 4.05. The molecular weight excluding hydrogens is 274 g/mol. The third-order valence-corrected chi connectivity index (χ3v) is 4.05. The molecule has 0 aliphatic carbocycles. The fraction of sp³-hybridized carbons (Fsp3) is 0.857. The Morgan fingerprint density at radius 2 is 2.20 bits per heavy atom. The second-order valence-electron chi connectivity index (χ2n) is 6.15. The summed E-state index contributed by atoms with van der Waals surface area (Å²) < 4.78 is 2.04. The maximum absolute atomic E-state index is 5.95. The van der Waals surface area contributed by atoms with Gasteiger partial charge in [0.1, 0.15) is 12.2 Å². The van der Waals surface area contributed by atoms with Gasteiger partial charge in [-0.3, -0.25) is 4.90 Å². The number of rotatable bonds is 5. The number of likely N-dealkylation sites (tertiary alicyclic amines) is 1. The molecule has 0 radical (unpaired) electrons. The van der Waals surface area contributed by atoms with E-state index in [-0.39, 0.29) is 12.4 Å². The lowest BCUT2D eigenvalue weighted by Gasteiger charge is -2.39. The topological polar surface area (TPSA) is 60.0 Å². The van der Waals surface area contributed by atoms with Crippen LogP contribution in [-0.4, -0.2) is 38.8 Å². The number of halogens is 1. The first-order valence-corrected chi connectivity index (χ1v) is 7.42. The van der Waals surface area contributed by atoms with Crippen molar-refractivity contribution >= 4 is 12.4 Å². The molecule has 5 nitrogen and oxygen atoms in total. The SMILES string of the molecule is CC(C)Cn1ncnc1CN1CCCC(C)C1CN.Cl. The van der Waals surface area contributed by atoms with E-state index in [0.29, 0.717) is 17.9 Å². The van der Waals surface area contributed by atoms with Gasteiger partial charge in [0.05, 0.1) is 6.54 Å². The highest BCUT2D eigenvalue weighted by Gasteiger charge is 2.28. The van der Waals surface area contributed by atoms with E-state index in [1.54, 1.807) is 6.33 Å². The average Bonchev–Trinajstić information content (AvgIpc) is 2.76. The largest absolute Gasteiger partial charge is 0.329 e. The zero-order chi connectivity index (χ0) is 13.8. The van der Waals surface area contributed by atoms with Gasteiger partial charge in [-0.25, -0.2) is 9.67 Å². The molecule has 1 fully saturated rings. The molecule has 0 spiro atoms. The Morgan fingerprint density at radius 1 is 1.45 bits per heavy atom. The van der Waals surface area contributed by atoms with Gasteiger partial charge in [0.2, 0.25) is 0 Å². The van der Waals surface area contributed by atoms with E-state index in [1.165, 1.54) is 12.8 Å². The summed E-state index contributed by atoms with van der Waals surface area (Å²) in [4.78, 5) is 6.91. The summed E-state index contributed by atoms with van der Waals surface area (Å²) in [6.07, 6.45) is 4.22. The molecule has 1 aliphatic heterocycles. The summed E-state index contributed by atoms with van der Waals surface area (Å²) >= 11 is 0. The van der Waals surface area contributed by atoms with Crippen LogP contribution in [0.4, 0.5) is 0 Å². The van der Waals surface area contributed by atoms with Crippen molar-refractivity contribution in [1.29, 1.82) is 0 Å². The Morgan fingerprint density at radius 3 is 2.85 bits per heavy atom. The molecule has 2 unspecified atom stereocenters. The minimum atomic E-state index is 0. The zero-order valence-electron chi connectivity index (χ0n) is 12.8. The Kier molecular flexibility index (Phi) is 6.92. The number of nitrogens with two attached hydrogens (primary N) is 1. The van der Waals surface area contributed by atoms with Crippen LogP contribution in [0.2, 0.25) is 0 Å². The minimum absolute atomic E-state index is 0. The molecule has 116 valence electrons. The molecule has 1 saturated heterocycles. The predicted molar refractivity (Wildman–Crippen MR) is 83.8 cm³/mol. The molecule has 6 heteroatoms. The van der Waals surface area contributed by atoms with Gasteiger partial charge in [0, 0.05) is 19.1 Å². The van der Waals surface area contributed by atoms with Gasteiger partial charge >= 0.3 is 0 Å². The van der Waals surface area contributed by atoms with Gasteiger partial charge in [-0.05, 0) is 31.2 Å². The molecule has 0 bridgehead atoms. The van der Waals surface area contributed by atoms with Crippen molar-refractivity contribution in [3.8, 4) is 0 Å². The summed E-state index contributed by atoms with van der Waals surface area (Å²) in [5.74, 6) is 2.34. The van der Waals surface area contributed by atoms with E-state index in [4.69, 9.17) is 5.73 Å². The monoisotopic (exact) mass is 301 g/mol. The van der Waals surface area contributed by atoms with Crippen molar-refractivity contribution in [2.45, 2.75) is 52.7 Å². The van der Waals surface area contributed by atoms with Crippen LogP contribution in [0.3, 0.4) is 0 Å². The Balaban J connectivity index is 0.00000200. The fourth-order valence-electron chi connectivity index (χ4n) is 3.00. The summed E-state index contributed by atoms with van der Waals surface area (Å²) in [7, 11) is 0. The second kappa shape index (κ2) is 7.96. The molecule has 20 heavy (non-hydrogen) atoms. The number of hydrogen-bond acceptors (Lipinski definition) is 4. The van der Waals surface area contributed by atoms with E-state index < -0.39 is 0 Å². The first-order valence-electron chi connectivity index (χ1n) is 7.42. The quantitative estimate of drug-likeness (QED) is 0.902. The Labute approximate surface area is 128 Å². The molecule has 2 atom stereocenters. The van der Waals surface area contributed by atoms with E-state index in [9.17, 15) is 0 Å². The highest BCUT2D eigenvalue weighted by atomic mass is 35.5. The Bertz CT molecular complexity index is 393. The van der Waals surface area contributed by atoms with Crippen LogP contribution in [0, 0.1) is 11.8 Å².